The summed E-state index contributed by atoms with van der Waals surface area (Å²) < 4.78 is 5.95. The van der Waals surface area contributed by atoms with Crippen molar-refractivity contribution in [3.63, 3.8) is 0 Å². The molecule has 0 bridgehead atoms. The van der Waals surface area contributed by atoms with E-state index in [4.69, 9.17) is 4.42 Å². The van der Waals surface area contributed by atoms with Crippen LogP contribution in [0.15, 0.2) is 65.1 Å². The Morgan fingerprint density at radius 2 is 1.24 bits per heavy atom. The van der Waals surface area contributed by atoms with Gasteiger partial charge in [-0.3, -0.25) is 4.79 Å². The van der Waals surface area contributed by atoms with Crippen molar-refractivity contribution in [2.45, 2.75) is 41.0 Å². The van der Waals surface area contributed by atoms with E-state index < -0.39 is 0 Å². The Labute approximate surface area is 220 Å². The highest BCUT2D eigenvalue weighted by Gasteiger charge is 2.16. The third kappa shape index (κ3) is 5.86. The average molecular weight is 493 g/mol. The zero-order chi connectivity index (χ0) is 26.7. The van der Waals surface area contributed by atoms with Gasteiger partial charge in [-0.2, -0.15) is 0 Å². The van der Waals surface area contributed by atoms with Gasteiger partial charge in [0, 0.05) is 31.9 Å². The van der Waals surface area contributed by atoms with Gasteiger partial charge >= 0.3 is 0 Å². The fraction of sp³-hybridized carbons (Fsp3) is 0.242. The van der Waals surface area contributed by atoms with Crippen molar-refractivity contribution in [1.29, 1.82) is 0 Å². The zero-order valence-electron chi connectivity index (χ0n) is 22.9. The summed E-state index contributed by atoms with van der Waals surface area (Å²) in [5.74, 6) is 0.856. The van der Waals surface area contributed by atoms with E-state index in [1.165, 1.54) is 39.1 Å². The first kappa shape index (κ1) is 26.0. The standard InChI is InChI=1S/C33H36N2O2/c1-21-22(2)24(4)31(25(5)23(21)3)20-30-18-19-32(37-30)33(36)34-28-14-10-26(11-15-28)8-9-27-12-16-29(17-13-27)35(6)7/h8-19H,20H2,1-7H3,(H,34,36). The lowest BCUT2D eigenvalue weighted by Gasteiger charge is -2.18. The molecule has 3 aromatic carbocycles. The van der Waals surface area contributed by atoms with Gasteiger partial charge in [0.15, 0.2) is 5.76 Å². The van der Waals surface area contributed by atoms with Crippen molar-refractivity contribution in [2.75, 3.05) is 24.3 Å². The molecule has 1 aromatic heterocycles. The number of anilines is 2. The molecule has 0 aliphatic carbocycles. The third-order valence-electron chi connectivity index (χ3n) is 7.44. The Morgan fingerprint density at radius 1 is 0.730 bits per heavy atom. The van der Waals surface area contributed by atoms with E-state index in [2.05, 4.69) is 81.3 Å². The Balaban J connectivity index is 1.40. The van der Waals surface area contributed by atoms with Crippen LogP contribution in [-0.2, 0) is 6.42 Å². The monoisotopic (exact) mass is 492 g/mol. The maximum atomic E-state index is 12.8. The molecule has 1 N–H and O–H groups in total. The molecule has 0 spiro atoms. The van der Waals surface area contributed by atoms with Crippen molar-refractivity contribution in [2.24, 2.45) is 0 Å². The maximum Gasteiger partial charge on any atom is 0.291 e. The van der Waals surface area contributed by atoms with E-state index >= 15 is 0 Å². The molecular formula is C33H36N2O2. The summed E-state index contributed by atoms with van der Waals surface area (Å²) in [6.07, 6.45) is 4.82. The lowest BCUT2D eigenvalue weighted by Crippen LogP contribution is -2.10. The molecule has 0 radical (unpaired) electrons. The summed E-state index contributed by atoms with van der Waals surface area (Å²) in [7, 11) is 4.06. The molecule has 37 heavy (non-hydrogen) atoms. The molecule has 0 aliphatic rings. The summed E-state index contributed by atoms with van der Waals surface area (Å²) in [5.41, 5.74) is 12.0. The van der Waals surface area contributed by atoms with E-state index in [1.54, 1.807) is 6.07 Å². The number of benzene rings is 3. The molecule has 0 unspecified atom stereocenters. The van der Waals surface area contributed by atoms with Gasteiger partial charge in [0.05, 0.1) is 0 Å². The van der Waals surface area contributed by atoms with Crippen LogP contribution in [0.5, 0.6) is 0 Å². The van der Waals surface area contributed by atoms with Crippen molar-refractivity contribution in [3.8, 4) is 0 Å². The van der Waals surface area contributed by atoms with Crippen LogP contribution in [0.1, 0.15) is 60.8 Å². The lowest BCUT2D eigenvalue weighted by molar-refractivity contribution is 0.0995. The molecule has 4 heteroatoms. The normalized spacial score (nSPS) is 11.2. The minimum Gasteiger partial charge on any atom is -0.456 e. The predicted molar refractivity (Wildman–Crippen MR) is 156 cm³/mol. The first-order valence-electron chi connectivity index (χ1n) is 12.7. The van der Waals surface area contributed by atoms with Crippen LogP contribution < -0.4 is 10.2 Å². The smallest absolute Gasteiger partial charge is 0.291 e. The number of furan rings is 1. The van der Waals surface area contributed by atoms with E-state index in [0.717, 1.165) is 22.6 Å². The van der Waals surface area contributed by atoms with Gasteiger partial charge in [-0.15, -0.1) is 0 Å². The quantitative estimate of drug-likeness (QED) is 0.267. The molecule has 0 fully saturated rings. The largest absolute Gasteiger partial charge is 0.456 e. The van der Waals surface area contributed by atoms with E-state index in [1.807, 2.05) is 44.4 Å². The van der Waals surface area contributed by atoms with Gasteiger partial charge < -0.3 is 14.6 Å². The highest BCUT2D eigenvalue weighted by Crippen LogP contribution is 2.28. The van der Waals surface area contributed by atoms with Crippen LogP contribution in [0.4, 0.5) is 11.4 Å². The molecule has 0 aliphatic heterocycles. The molecular weight excluding hydrogens is 456 g/mol. The highest BCUT2D eigenvalue weighted by molar-refractivity contribution is 6.02. The SMILES string of the molecule is Cc1c(C)c(C)c(Cc2ccc(C(=O)Nc3ccc(C=Cc4ccc(N(C)C)cc4)cc3)o2)c(C)c1C. The molecule has 190 valence electrons. The van der Waals surface area contributed by atoms with Crippen molar-refractivity contribution >= 4 is 29.4 Å². The van der Waals surface area contributed by atoms with Crippen LogP contribution in [-0.4, -0.2) is 20.0 Å². The van der Waals surface area contributed by atoms with Gasteiger partial charge in [0.25, 0.3) is 5.91 Å². The van der Waals surface area contributed by atoms with E-state index in [9.17, 15) is 4.79 Å². The summed E-state index contributed by atoms with van der Waals surface area (Å²) in [6, 6.07) is 19.8. The summed E-state index contributed by atoms with van der Waals surface area (Å²) in [6.45, 7) is 10.9. The zero-order valence-corrected chi connectivity index (χ0v) is 22.9. The van der Waals surface area contributed by atoms with Crippen LogP contribution >= 0.6 is 0 Å². The lowest BCUT2D eigenvalue weighted by atomic mass is 9.88. The molecule has 1 heterocycles. The first-order valence-corrected chi connectivity index (χ1v) is 12.7. The van der Waals surface area contributed by atoms with Gasteiger partial charge in [0.1, 0.15) is 5.76 Å². The molecule has 4 aromatic rings. The minimum absolute atomic E-state index is 0.250. The molecule has 4 rings (SSSR count). The second-order valence-corrected chi connectivity index (χ2v) is 9.94. The van der Waals surface area contributed by atoms with E-state index in [-0.39, 0.29) is 5.91 Å². The maximum absolute atomic E-state index is 12.8. The minimum atomic E-state index is -0.250. The van der Waals surface area contributed by atoms with Gasteiger partial charge in [-0.25, -0.2) is 0 Å². The first-order chi connectivity index (χ1) is 17.6. The number of carbonyl (C=O) groups is 1. The van der Waals surface area contributed by atoms with Gasteiger partial charge in [0.2, 0.25) is 0 Å². The molecule has 0 atom stereocenters. The van der Waals surface area contributed by atoms with Gasteiger partial charge in [-0.1, -0.05) is 36.4 Å². The number of hydrogen-bond acceptors (Lipinski definition) is 3. The number of nitrogens with zero attached hydrogens (tertiary/aromatic N) is 1. The second-order valence-electron chi connectivity index (χ2n) is 9.94. The highest BCUT2D eigenvalue weighted by atomic mass is 16.3. The average Bonchev–Trinajstić information content (AvgIpc) is 3.37. The number of amides is 1. The summed E-state index contributed by atoms with van der Waals surface area (Å²) in [4.78, 5) is 14.9. The number of hydrogen-bond donors (Lipinski definition) is 1. The van der Waals surface area contributed by atoms with Crippen LogP contribution in [0.3, 0.4) is 0 Å². The third-order valence-corrected chi connectivity index (χ3v) is 7.44. The van der Waals surface area contributed by atoms with Crippen LogP contribution in [0.25, 0.3) is 12.2 Å². The van der Waals surface area contributed by atoms with Crippen LogP contribution in [0.2, 0.25) is 0 Å². The Morgan fingerprint density at radius 3 is 1.78 bits per heavy atom. The Kier molecular flexibility index (Phi) is 7.68. The van der Waals surface area contributed by atoms with Gasteiger partial charge in [-0.05, 0) is 116 Å². The second kappa shape index (κ2) is 10.9. The van der Waals surface area contributed by atoms with Crippen molar-refractivity contribution < 1.29 is 9.21 Å². The fourth-order valence-corrected chi connectivity index (χ4v) is 4.56. The molecule has 0 saturated heterocycles. The molecule has 0 saturated carbocycles. The fourth-order valence-electron chi connectivity index (χ4n) is 4.56. The Hall–Kier alpha value is -4.05. The van der Waals surface area contributed by atoms with Crippen LogP contribution in [0, 0.1) is 34.6 Å². The molecule has 1 amide bonds. The number of carbonyl (C=O) groups excluding carboxylic acids is 1. The van der Waals surface area contributed by atoms with Crippen molar-refractivity contribution in [1.82, 2.24) is 0 Å². The molecule has 4 nitrogen and oxygen atoms in total. The predicted octanol–water partition coefficient (Wildman–Crippen LogP) is 7.90. The van der Waals surface area contributed by atoms with E-state index in [0.29, 0.717) is 12.2 Å². The Bertz CT molecular complexity index is 1410. The number of rotatable bonds is 7. The topological polar surface area (TPSA) is 45.5 Å². The van der Waals surface area contributed by atoms with Crippen molar-refractivity contribution in [3.05, 3.63) is 117 Å². The summed E-state index contributed by atoms with van der Waals surface area (Å²) >= 11 is 0. The number of nitrogens with one attached hydrogen (secondary N) is 1. The summed E-state index contributed by atoms with van der Waals surface area (Å²) in [5, 5.41) is 2.94.